The molecule has 0 amide bonds. The molecule has 18 heavy (non-hydrogen) atoms. The molecule has 1 aliphatic heterocycles. The van der Waals surface area contributed by atoms with E-state index < -0.39 is 5.79 Å². The van der Waals surface area contributed by atoms with Crippen molar-refractivity contribution in [2.24, 2.45) is 0 Å². The molecule has 1 N–H and O–H groups in total. The molecule has 0 radical (unpaired) electrons. The summed E-state index contributed by atoms with van der Waals surface area (Å²) in [5.74, 6) is 0.309. The molecule has 0 saturated carbocycles. The fourth-order valence-corrected chi connectivity index (χ4v) is 1.92. The third-order valence-corrected chi connectivity index (χ3v) is 2.83. The highest BCUT2D eigenvalue weighted by molar-refractivity contribution is 5.27. The molecule has 4 heteroatoms. The van der Waals surface area contributed by atoms with E-state index in [0.29, 0.717) is 19.6 Å². The topological polar surface area (TPSA) is 47.9 Å². The van der Waals surface area contributed by atoms with Crippen LogP contribution in [0.5, 0.6) is 5.75 Å². The van der Waals surface area contributed by atoms with Gasteiger partial charge in [-0.3, -0.25) is 0 Å². The molecule has 0 aliphatic carbocycles. The first-order chi connectivity index (χ1) is 8.59. The molecule has 0 bridgehead atoms. The maximum atomic E-state index is 8.82. The van der Waals surface area contributed by atoms with E-state index in [1.807, 2.05) is 38.1 Å². The van der Waals surface area contributed by atoms with Gasteiger partial charge in [0.05, 0.1) is 6.61 Å². The van der Waals surface area contributed by atoms with Crippen molar-refractivity contribution in [3.8, 4) is 5.75 Å². The summed E-state index contributed by atoms with van der Waals surface area (Å²) in [6.45, 7) is 5.02. The Labute approximate surface area is 107 Å². The van der Waals surface area contributed by atoms with Crippen LogP contribution in [0.2, 0.25) is 0 Å². The summed E-state index contributed by atoms with van der Waals surface area (Å²) in [7, 11) is 0. The van der Waals surface area contributed by atoms with Crippen molar-refractivity contribution < 1.29 is 19.3 Å². The molecule has 4 nitrogen and oxygen atoms in total. The van der Waals surface area contributed by atoms with E-state index in [1.54, 1.807) is 0 Å². The maximum Gasteiger partial charge on any atom is 0.163 e. The zero-order valence-corrected chi connectivity index (χ0v) is 10.9. The zero-order chi connectivity index (χ0) is 13.0. The van der Waals surface area contributed by atoms with Gasteiger partial charge in [-0.05, 0) is 38.0 Å². The minimum atomic E-state index is -0.501. The molecule has 1 atom stereocenters. The molecule has 0 aromatic heterocycles. The normalized spacial score (nSPS) is 22.1. The maximum absolute atomic E-state index is 8.82. The fourth-order valence-electron chi connectivity index (χ4n) is 1.92. The minimum Gasteiger partial charge on any atom is -0.491 e. The number of hydrogen-bond acceptors (Lipinski definition) is 4. The first-order valence-electron chi connectivity index (χ1n) is 6.23. The first-order valence-corrected chi connectivity index (χ1v) is 6.23. The number of rotatable bonds is 5. The van der Waals surface area contributed by atoms with E-state index >= 15 is 0 Å². The molecule has 1 aromatic rings. The predicted octanol–water partition coefficient (Wildman–Crippen LogP) is 1.75. The summed E-state index contributed by atoms with van der Waals surface area (Å²) in [6.07, 6.45) is 0.658. The molecule has 1 aromatic carbocycles. The van der Waals surface area contributed by atoms with Gasteiger partial charge in [-0.15, -0.1) is 0 Å². The van der Waals surface area contributed by atoms with Crippen LogP contribution in [0.1, 0.15) is 19.4 Å². The second kappa shape index (κ2) is 5.69. The Morgan fingerprint density at radius 3 is 2.61 bits per heavy atom. The van der Waals surface area contributed by atoms with Crippen molar-refractivity contribution in [1.82, 2.24) is 0 Å². The second-order valence-corrected chi connectivity index (χ2v) is 4.88. The lowest BCUT2D eigenvalue weighted by atomic mass is 10.1. The van der Waals surface area contributed by atoms with E-state index in [-0.39, 0.29) is 12.7 Å². The Morgan fingerprint density at radius 1 is 1.33 bits per heavy atom. The standard InChI is InChI=1S/C14H20O4/c1-14(2)17-10-13(18-14)9-16-12-5-3-11(4-6-12)7-8-15/h3-6,13,15H,7-10H2,1-2H3/t13-/m0/s1. The van der Waals surface area contributed by atoms with E-state index in [4.69, 9.17) is 19.3 Å². The van der Waals surface area contributed by atoms with Gasteiger partial charge in [0.25, 0.3) is 0 Å². The highest BCUT2D eigenvalue weighted by atomic mass is 16.7. The summed E-state index contributed by atoms with van der Waals surface area (Å²) in [6, 6.07) is 7.74. The average Bonchev–Trinajstić information content (AvgIpc) is 2.69. The SMILES string of the molecule is CC1(C)OC[C@H](COc2ccc(CCO)cc2)O1. The Kier molecular flexibility index (Phi) is 4.22. The number of aliphatic hydroxyl groups is 1. The lowest BCUT2D eigenvalue weighted by Gasteiger charge is -2.17. The summed E-state index contributed by atoms with van der Waals surface area (Å²) in [5.41, 5.74) is 1.10. The van der Waals surface area contributed by atoms with Crippen molar-refractivity contribution in [3.63, 3.8) is 0 Å². The van der Waals surface area contributed by atoms with Gasteiger partial charge in [0.2, 0.25) is 0 Å². The van der Waals surface area contributed by atoms with Gasteiger partial charge in [0, 0.05) is 6.61 Å². The van der Waals surface area contributed by atoms with Gasteiger partial charge in [0.1, 0.15) is 18.5 Å². The number of hydrogen-bond donors (Lipinski definition) is 1. The Bertz CT molecular complexity index is 372. The Hall–Kier alpha value is -1.10. The molecule has 100 valence electrons. The minimum absolute atomic E-state index is 0.0166. The molecule has 1 fully saturated rings. The highest BCUT2D eigenvalue weighted by Gasteiger charge is 2.32. The van der Waals surface area contributed by atoms with Crippen LogP contribution < -0.4 is 4.74 Å². The summed E-state index contributed by atoms with van der Waals surface area (Å²) < 4.78 is 16.8. The van der Waals surface area contributed by atoms with Crippen LogP contribution in [-0.2, 0) is 15.9 Å². The Morgan fingerprint density at radius 2 is 2.06 bits per heavy atom. The van der Waals surface area contributed by atoms with E-state index in [2.05, 4.69) is 0 Å². The van der Waals surface area contributed by atoms with Gasteiger partial charge < -0.3 is 19.3 Å². The van der Waals surface area contributed by atoms with Crippen LogP contribution in [0.4, 0.5) is 0 Å². The van der Waals surface area contributed by atoms with Gasteiger partial charge >= 0.3 is 0 Å². The van der Waals surface area contributed by atoms with Crippen LogP contribution in [-0.4, -0.2) is 36.8 Å². The first kappa shape index (κ1) is 13.3. The van der Waals surface area contributed by atoms with Gasteiger partial charge in [-0.2, -0.15) is 0 Å². The summed E-state index contributed by atoms with van der Waals surface area (Å²) in [4.78, 5) is 0. The number of benzene rings is 1. The molecular weight excluding hydrogens is 232 g/mol. The number of ether oxygens (including phenoxy) is 3. The summed E-state index contributed by atoms with van der Waals surface area (Å²) in [5, 5.41) is 8.82. The van der Waals surface area contributed by atoms with Crippen molar-refractivity contribution in [2.45, 2.75) is 32.2 Å². The molecule has 1 heterocycles. The molecule has 1 aliphatic rings. The molecule has 0 spiro atoms. The van der Waals surface area contributed by atoms with Crippen LogP contribution in [0.3, 0.4) is 0 Å². The largest absolute Gasteiger partial charge is 0.491 e. The molecule has 0 unspecified atom stereocenters. The van der Waals surface area contributed by atoms with Crippen molar-refractivity contribution >= 4 is 0 Å². The fraction of sp³-hybridized carbons (Fsp3) is 0.571. The average molecular weight is 252 g/mol. The monoisotopic (exact) mass is 252 g/mol. The lowest BCUT2D eigenvalue weighted by Crippen LogP contribution is -2.25. The summed E-state index contributed by atoms with van der Waals surface area (Å²) >= 11 is 0. The van der Waals surface area contributed by atoms with Crippen LogP contribution in [0.25, 0.3) is 0 Å². The quantitative estimate of drug-likeness (QED) is 0.867. The van der Waals surface area contributed by atoms with Crippen LogP contribution in [0.15, 0.2) is 24.3 Å². The van der Waals surface area contributed by atoms with Crippen molar-refractivity contribution in [3.05, 3.63) is 29.8 Å². The third kappa shape index (κ3) is 3.70. The molecule has 2 rings (SSSR count). The van der Waals surface area contributed by atoms with Crippen molar-refractivity contribution in [2.75, 3.05) is 19.8 Å². The highest BCUT2D eigenvalue weighted by Crippen LogP contribution is 2.23. The predicted molar refractivity (Wildman–Crippen MR) is 67.6 cm³/mol. The van der Waals surface area contributed by atoms with Crippen molar-refractivity contribution in [1.29, 1.82) is 0 Å². The van der Waals surface area contributed by atoms with E-state index in [1.165, 1.54) is 0 Å². The second-order valence-electron chi connectivity index (χ2n) is 4.88. The molecule has 1 saturated heterocycles. The van der Waals surface area contributed by atoms with Gasteiger partial charge in [-0.1, -0.05) is 12.1 Å². The third-order valence-electron chi connectivity index (χ3n) is 2.83. The Balaban J connectivity index is 1.80. The zero-order valence-electron chi connectivity index (χ0n) is 10.9. The molecular formula is C14H20O4. The van der Waals surface area contributed by atoms with E-state index in [9.17, 15) is 0 Å². The van der Waals surface area contributed by atoms with E-state index in [0.717, 1.165) is 11.3 Å². The van der Waals surface area contributed by atoms with Gasteiger partial charge in [0.15, 0.2) is 5.79 Å². The van der Waals surface area contributed by atoms with Crippen LogP contribution >= 0.6 is 0 Å². The van der Waals surface area contributed by atoms with Crippen LogP contribution in [0, 0.1) is 0 Å². The van der Waals surface area contributed by atoms with Gasteiger partial charge in [-0.25, -0.2) is 0 Å². The number of aliphatic hydroxyl groups excluding tert-OH is 1. The lowest BCUT2D eigenvalue weighted by molar-refractivity contribution is -0.141. The smallest absolute Gasteiger partial charge is 0.163 e.